The molecular weight excluding hydrogens is 418 g/mol. The van der Waals surface area contributed by atoms with Crippen LogP contribution in [-0.4, -0.2) is 26.9 Å². The Kier molecular flexibility index (Phi) is 4.76. The smallest absolute Gasteiger partial charge is 0.142 e. The number of hydrogen-bond donors (Lipinski definition) is 1. The van der Waals surface area contributed by atoms with Crippen molar-refractivity contribution in [1.29, 1.82) is 0 Å². The third kappa shape index (κ3) is 3.48. The number of nitrogens with one attached hydrogen (secondary N) is 1. The first-order valence-electron chi connectivity index (χ1n) is 10.8. The number of fused-ring (bicyclic) bond motifs is 4. The molecule has 1 aromatic carbocycles. The highest BCUT2D eigenvalue weighted by molar-refractivity contribution is 7.19. The zero-order valence-corrected chi connectivity index (χ0v) is 18.2. The first-order valence-corrected chi connectivity index (χ1v) is 11.6. The van der Waals surface area contributed by atoms with Gasteiger partial charge in [0.1, 0.15) is 22.8 Å². The summed E-state index contributed by atoms with van der Waals surface area (Å²) in [6, 6.07) is 12.0. The molecule has 1 aliphatic heterocycles. The van der Waals surface area contributed by atoms with Crippen molar-refractivity contribution >= 4 is 45.1 Å². The van der Waals surface area contributed by atoms with E-state index in [2.05, 4.69) is 43.5 Å². The largest absolute Gasteiger partial charge is 0.340 e. The summed E-state index contributed by atoms with van der Waals surface area (Å²) >= 11 is 1.69. The van der Waals surface area contributed by atoms with Crippen LogP contribution < -0.4 is 5.32 Å². The fourth-order valence-corrected chi connectivity index (χ4v) is 5.89. The van der Waals surface area contributed by atoms with Gasteiger partial charge >= 0.3 is 0 Å². The Bertz CT molecular complexity index is 1360. The summed E-state index contributed by atoms with van der Waals surface area (Å²) in [7, 11) is 0. The first-order chi connectivity index (χ1) is 15.7. The van der Waals surface area contributed by atoms with Crippen LogP contribution in [0.25, 0.3) is 10.2 Å². The first kappa shape index (κ1) is 19.3. The molecule has 4 aromatic rings. The lowest BCUT2D eigenvalue weighted by molar-refractivity contribution is -0.122. The summed E-state index contributed by atoms with van der Waals surface area (Å²) in [4.78, 5) is 32.9. The number of thiophene rings is 1. The van der Waals surface area contributed by atoms with Crippen molar-refractivity contribution in [2.75, 3.05) is 5.32 Å². The lowest BCUT2D eigenvalue weighted by atomic mass is 9.84. The van der Waals surface area contributed by atoms with Crippen molar-refractivity contribution in [2.45, 2.75) is 32.2 Å². The molecular formula is C25H21N5OS. The predicted molar refractivity (Wildman–Crippen MR) is 127 cm³/mol. The number of carbonyl (C=O) groups is 1. The number of rotatable bonds is 5. The van der Waals surface area contributed by atoms with Crippen molar-refractivity contribution in [1.82, 2.24) is 15.0 Å². The zero-order valence-electron chi connectivity index (χ0n) is 17.4. The van der Waals surface area contributed by atoms with Crippen LogP contribution in [0.2, 0.25) is 0 Å². The third-order valence-electron chi connectivity index (χ3n) is 6.28. The van der Waals surface area contributed by atoms with Gasteiger partial charge in [-0.15, -0.1) is 11.3 Å². The number of pyridine rings is 1. The molecule has 0 spiro atoms. The fourth-order valence-electron chi connectivity index (χ4n) is 4.62. The van der Waals surface area contributed by atoms with Crippen LogP contribution in [0, 0.1) is 5.92 Å². The number of benzene rings is 1. The van der Waals surface area contributed by atoms with E-state index < -0.39 is 0 Å². The molecule has 0 saturated carbocycles. The average molecular weight is 440 g/mol. The molecule has 32 heavy (non-hydrogen) atoms. The minimum atomic E-state index is 0.0398. The maximum Gasteiger partial charge on any atom is 0.142 e. The fraction of sp³-hybridized carbons (Fsp3) is 0.240. The Morgan fingerprint density at radius 3 is 3.03 bits per heavy atom. The second-order valence-corrected chi connectivity index (χ2v) is 9.40. The van der Waals surface area contributed by atoms with E-state index in [-0.39, 0.29) is 11.7 Å². The maximum absolute atomic E-state index is 12.9. The summed E-state index contributed by atoms with van der Waals surface area (Å²) in [6.07, 6.45) is 8.18. The van der Waals surface area contributed by atoms with Gasteiger partial charge in [-0.25, -0.2) is 9.97 Å². The van der Waals surface area contributed by atoms with Crippen LogP contribution in [0.15, 0.2) is 53.9 Å². The SMILES string of the molecule is O=C(Cc1ccccn1)C1CCc2c(sc3ncnc(Nc4ccc5c(c4)C=NC5)c23)C1. The predicted octanol–water partition coefficient (Wildman–Crippen LogP) is 4.68. The summed E-state index contributed by atoms with van der Waals surface area (Å²) < 4.78 is 0. The van der Waals surface area contributed by atoms with Crippen molar-refractivity contribution < 1.29 is 4.79 Å². The lowest BCUT2D eigenvalue weighted by Gasteiger charge is -2.21. The van der Waals surface area contributed by atoms with E-state index >= 15 is 0 Å². The Morgan fingerprint density at radius 1 is 1.16 bits per heavy atom. The van der Waals surface area contributed by atoms with Gasteiger partial charge in [-0.1, -0.05) is 12.1 Å². The molecule has 6 nitrogen and oxygen atoms in total. The van der Waals surface area contributed by atoms with E-state index in [0.29, 0.717) is 6.42 Å². The van der Waals surface area contributed by atoms with Crippen molar-refractivity contribution in [3.8, 4) is 0 Å². The Morgan fingerprint density at radius 2 is 2.12 bits per heavy atom. The van der Waals surface area contributed by atoms with Gasteiger partial charge < -0.3 is 5.32 Å². The van der Waals surface area contributed by atoms with Gasteiger partial charge in [0.05, 0.1) is 11.9 Å². The van der Waals surface area contributed by atoms with E-state index in [4.69, 9.17) is 0 Å². The number of aryl methyl sites for hydroxylation is 1. The molecule has 158 valence electrons. The minimum Gasteiger partial charge on any atom is -0.340 e. The maximum atomic E-state index is 12.9. The van der Waals surface area contributed by atoms with Gasteiger partial charge in [-0.3, -0.25) is 14.8 Å². The summed E-state index contributed by atoms with van der Waals surface area (Å²) in [5.74, 6) is 1.15. The standard InChI is InChI=1S/C25H21N5OS/c31-21(11-18-3-1-2-8-27-18)15-5-7-20-22(10-15)32-25-23(20)24(28-14-29-25)30-19-6-4-16-12-26-13-17(16)9-19/h1-4,6,8-9,13-15H,5,7,10-12H2,(H,28,29,30). The molecule has 0 saturated heterocycles. The zero-order chi connectivity index (χ0) is 21.5. The van der Waals surface area contributed by atoms with E-state index in [1.54, 1.807) is 23.9 Å². The highest BCUT2D eigenvalue weighted by atomic mass is 32.1. The topological polar surface area (TPSA) is 80.1 Å². The van der Waals surface area contributed by atoms with Crippen LogP contribution in [-0.2, 0) is 30.6 Å². The molecule has 3 aromatic heterocycles. The molecule has 4 heterocycles. The molecule has 1 aliphatic carbocycles. The van der Waals surface area contributed by atoms with Crippen LogP contribution in [0.1, 0.15) is 33.7 Å². The third-order valence-corrected chi connectivity index (χ3v) is 7.45. The number of aromatic nitrogens is 3. The monoisotopic (exact) mass is 439 g/mol. The minimum absolute atomic E-state index is 0.0398. The highest BCUT2D eigenvalue weighted by Gasteiger charge is 2.29. The van der Waals surface area contributed by atoms with Crippen molar-refractivity contribution in [3.05, 3.63) is 76.2 Å². The van der Waals surface area contributed by atoms with Crippen LogP contribution in [0.4, 0.5) is 11.5 Å². The number of ketones is 1. The number of aliphatic imine (C=N–C) groups is 1. The van der Waals surface area contributed by atoms with Gasteiger partial charge in [-0.05, 0) is 60.2 Å². The summed E-state index contributed by atoms with van der Waals surface area (Å²) in [6.45, 7) is 0.756. The molecule has 1 N–H and O–H groups in total. The number of anilines is 2. The Balaban J connectivity index is 1.27. The van der Waals surface area contributed by atoms with Gasteiger partial charge in [0.15, 0.2) is 0 Å². The quantitative estimate of drug-likeness (QED) is 0.488. The molecule has 0 bridgehead atoms. The average Bonchev–Trinajstić information content (AvgIpc) is 3.43. The Hall–Kier alpha value is -3.45. The van der Waals surface area contributed by atoms with E-state index in [1.807, 2.05) is 24.4 Å². The summed E-state index contributed by atoms with van der Waals surface area (Å²) in [5, 5.41) is 4.59. The highest BCUT2D eigenvalue weighted by Crippen LogP contribution is 2.40. The normalized spacial score (nSPS) is 16.7. The number of Topliss-reactive ketones (excluding diaryl/α,β-unsaturated/α-hetero) is 1. The number of carbonyl (C=O) groups excluding carboxylic acids is 1. The molecule has 7 heteroatoms. The molecule has 0 fully saturated rings. The number of nitrogens with zero attached hydrogens (tertiary/aromatic N) is 4. The van der Waals surface area contributed by atoms with Gasteiger partial charge in [0.25, 0.3) is 0 Å². The molecule has 6 rings (SSSR count). The van der Waals surface area contributed by atoms with E-state index in [1.165, 1.54) is 16.0 Å². The molecule has 1 atom stereocenters. The summed E-state index contributed by atoms with van der Waals surface area (Å²) in [5.41, 5.74) is 5.53. The van der Waals surface area contributed by atoms with Gasteiger partial charge in [0.2, 0.25) is 0 Å². The van der Waals surface area contributed by atoms with Gasteiger partial charge in [0, 0.05) is 41.0 Å². The lowest BCUT2D eigenvalue weighted by Crippen LogP contribution is -2.23. The van der Waals surface area contributed by atoms with Crippen LogP contribution in [0.5, 0.6) is 0 Å². The second kappa shape index (κ2) is 7.91. The molecule has 1 unspecified atom stereocenters. The van der Waals surface area contributed by atoms with Crippen molar-refractivity contribution in [2.24, 2.45) is 10.9 Å². The number of hydrogen-bond acceptors (Lipinski definition) is 7. The van der Waals surface area contributed by atoms with Crippen LogP contribution in [0.3, 0.4) is 0 Å². The van der Waals surface area contributed by atoms with E-state index in [9.17, 15) is 4.79 Å². The Labute approximate surface area is 189 Å². The molecule has 0 amide bonds. The molecule has 0 radical (unpaired) electrons. The van der Waals surface area contributed by atoms with Gasteiger partial charge in [-0.2, -0.15) is 0 Å². The van der Waals surface area contributed by atoms with Crippen molar-refractivity contribution in [3.63, 3.8) is 0 Å². The molecule has 2 aliphatic rings. The van der Waals surface area contributed by atoms with Crippen LogP contribution >= 0.6 is 11.3 Å². The second-order valence-electron chi connectivity index (χ2n) is 8.32. The van der Waals surface area contributed by atoms with E-state index in [0.717, 1.165) is 58.8 Å².